The fourth-order valence-electron chi connectivity index (χ4n) is 1.77. The third-order valence-corrected chi connectivity index (χ3v) is 3.53. The minimum absolute atomic E-state index is 0.683. The van der Waals surface area contributed by atoms with Crippen molar-refractivity contribution in [3.05, 3.63) is 53.0 Å². The number of hydrogen-bond donors (Lipinski definition) is 1. The van der Waals surface area contributed by atoms with E-state index in [0.717, 1.165) is 23.5 Å². The van der Waals surface area contributed by atoms with Crippen molar-refractivity contribution in [2.45, 2.75) is 13.5 Å². The van der Waals surface area contributed by atoms with Gasteiger partial charge in [-0.05, 0) is 12.1 Å². The minimum atomic E-state index is 0.683. The molecule has 5 heteroatoms. The zero-order valence-corrected chi connectivity index (χ0v) is 11.3. The van der Waals surface area contributed by atoms with E-state index in [1.165, 1.54) is 4.88 Å². The fraction of sp³-hybridized carbons (Fsp3) is 0.143. The van der Waals surface area contributed by atoms with Gasteiger partial charge >= 0.3 is 0 Å². The van der Waals surface area contributed by atoms with Gasteiger partial charge in [0.1, 0.15) is 12.0 Å². The maximum Gasteiger partial charge on any atom is 0.191 e. The standard InChI is InChI=1S/C14H13N3OS/c1-10-17-14(8-18-10)11-2-4-12(5-3-11)16-7-13-6-15-9-19-13/h2-6,8-9,16H,7H2,1H3. The first-order valence-electron chi connectivity index (χ1n) is 5.95. The van der Waals surface area contributed by atoms with Gasteiger partial charge in [0, 0.05) is 29.2 Å². The molecule has 2 heterocycles. The molecule has 3 aromatic rings. The van der Waals surface area contributed by atoms with Crippen LogP contribution in [0.1, 0.15) is 10.8 Å². The summed E-state index contributed by atoms with van der Waals surface area (Å²) in [5.74, 6) is 0.683. The third-order valence-electron chi connectivity index (χ3n) is 2.75. The fourth-order valence-corrected chi connectivity index (χ4v) is 2.31. The highest BCUT2D eigenvalue weighted by Gasteiger charge is 2.03. The van der Waals surface area contributed by atoms with Crippen LogP contribution in [0.3, 0.4) is 0 Å². The Kier molecular flexibility index (Phi) is 3.29. The molecule has 0 spiro atoms. The van der Waals surface area contributed by atoms with Crippen molar-refractivity contribution in [3.8, 4) is 11.3 Å². The Hall–Kier alpha value is -2.14. The molecule has 0 amide bonds. The molecule has 0 saturated heterocycles. The maximum absolute atomic E-state index is 5.21. The first-order valence-corrected chi connectivity index (χ1v) is 6.83. The average Bonchev–Trinajstić information content (AvgIpc) is 3.08. The van der Waals surface area contributed by atoms with Crippen LogP contribution in [0.5, 0.6) is 0 Å². The lowest BCUT2D eigenvalue weighted by Crippen LogP contribution is -1.96. The SMILES string of the molecule is Cc1nc(-c2ccc(NCc3cncs3)cc2)co1. The van der Waals surface area contributed by atoms with Gasteiger partial charge in [-0.15, -0.1) is 11.3 Å². The van der Waals surface area contributed by atoms with Crippen LogP contribution in [0.15, 0.2) is 46.7 Å². The molecule has 0 aliphatic rings. The summed E-state index contributed by atoms with van der Waals surface area (Å²) < 4.78 is 5.21. The number of aromatic nitrogens is 2. The lowest BCUT2D eigenvalue weighted by atomic mass is 10.1. The molecule has 1 N–H and O–H groups in total. The third kappa shape index (κ3) is 2.82. The molecule has 0 aliphatic heterocycles. The van der Waals surface area contributed by atoms with E-state index >= 15 is 0 Å². The lowest BCUT2D eigenvalue weighted by molar-refractivity contribution is 0.521. The predicted molar refractivity (Wildman–Crippen MR) is 76.1 cm³/mol. The van der Waals surface area contributed by atoms with E-state index < -0.39 is 0 Å². The molecular formula is C14H13N3OS. The smallest absolute Gasteiger partial charge is 0.191 e. The molecule has 0 unspecified atom stereocenters. The van der Waals surface area contributed by atoms with Gasteiger partial charge in [0.25, 0.3) is 0 Å². The Morgan fingerprint density at radius 1 is 1.26 bits per heavy atom. The molecule has 0 fully saturated rings. The quantitative estimate of drug-likeness (QED) is 0.785. The first-order chi connectivity index (χ1) is 9.31. The van der Waals surface area contributed by atoms with Crippen LogP contribution in [0.25, 0.3) is 11.3 Å². The molecule has 0 atom stereocenters. The van der Waals surface area contributed by atoms with Crippen LogP contribution in [-0.2, 0) is 6.54 Å². The summed E-state index contributed by atoms with van der Waals surface area (Å²) >= 11 is 1.65. The summed E-state index contributed by atoms with van der Waals surface area (Å²) in [4.78, 5) is 9.57. The monoisotopic (exact) mass is 271 g/mol. The molecule has 0 radical (unpaired) electrons. The summed E-state index contributed by atoms with van der Waals surface area (Å²) in [5.41, 5.74) is 4.84. The predicted octanol–water partition coefficient (Wildman–Crippen LogP) is 3.72. The summed E-state index contributed by atoms with van der Waals surface area (Å²) in [6.45, 7) is 2.64. The average molecular weight is 271 g/mol. The largest absolute Gasteiger partial charge is 0.449 e. The molecule has 19 heavy (non-hydrogen) atoms. The van der Waals surface area contributed by atoms with E-state index in [9.17, 15) is 0 Å². The molecule has 0 aliphatic carbocycles. The van der Waals surface area contributed by atoms with Crippen molar-refractivity contribution in [1.82, 2.24) is 9.97 Å². The Morgan fingerprint density at radius 3 is 2.74 bits per heavy atom. The number of rotatable bonds is 4. The molecule has 3 rings (SSSR count). The number of aryl methyl sites for hydroxylation is 1. The first kappa shape index (κ1) is 11.9. The highest BCUT2D eigenvalue weighted by molar-refractivity contribution is 7.09. The zero-order chi connectivity index (χ0) is 13.1. The normalized spacial score (nSPS) is 10.6. The molecule has 2 aromatic heterocycles. The number of hydrogen-bond acceptors (Lipinski definition) is 5. The summed E-state index contributed by atoms with van der Waals surface area (Å²) in [5, 5.41) is 3.36. The second-order valence-electron chi connectivity index (χ2n) is 4.15. The van der Waals surface area contributed by atoms with Crippen molar-refractivity contribution >= 4 is 17.0 Å². The van der Waals surface area contributed by atoms with Crippen LogP contribution in [0.2, 0.25) is 0 Å². The Balaban J connectivity index is 1.69. The van der Waals surface area contributed by atoms with Gasteiger partial charge < -0.3 is 9.73 Å². The van der Waals surface area contributed by atoms with Crippen molar-refractivity contribution in [3.63, 3.8) is 0 Å². The molecule has 1 aromatic carbocycles. The molecule has 96 valence electrons. The van der Waals surface area contributed by atoms with Gasteiger partial charge in [0.15, 0.2) is 5.89 Å². The van der Waals surface area contributed by atoms with E-state index in [0.29, 0.717) is 5.89 Å². The van der Waals surface area contributed by atoms with Crippen LogP contribution < -0.4 is 5.32 Å². The highest BCUT2D eigenvalue weighted by Crippen LogP contribution is 2.21. The number of oxazole rings is 1. The molecule has 0 saturated carbocycles. The Bertz CT molecular complexity index is 644. The van der Waals surface area contributed by atoms with Crippen molar-refractivity contribution in [1.29, 1.82) is 0 Å². The Morgan fingerprint density at radius 2 is 2.11 bits per heavy atom. The molecule has 4 nitrogen and oxygen atoms in total. The van der Waals surface area contributed by atoms with Crippen LogP contribution >= 0.6 is 11.3 Å². The summed E-state index contributed by atoms with van der Waals surface area (Å²) in [6.07, 6.45) is 3.55. The van der Waals surface area contributed by atoms with Crippen LogP contribution in [-0.4, -0.2) is 9.97 Å². The highest BCUT2D eigenvalue weighted by atomic mass is 32.1. The van der Waals surface area contributed by atoms with Crippen LogP contribution in [0, 0.1) is 6.92 Å². The number of nitrogens with one attached hydrogen (secondary N) is 1. The summed E-state index contributed by atoms with van der Waals surface area (Å²) in [7, 11) is 0. The van der Waals surface area contributed by atoms with Crippen LogP contribution in [0.4, 0.5) is 5.69 Å². The minimum Gasteiger partial charge on any atom is -0.449 e. The lowest BCUT2D eigenvalue weighted by Gasteiger charge is -2.05. The van der Waals surface area contributed by atoms with Crippen molar-refractivity contribution in [2.24, 2.45) is 0 Å². The number of anilines is 1. The second-order valence-corrected chi connectivity index (χ2v) is 5.12. The van der Waals surface area contributed by atoms with E-state index in [1.807, 2.05) is 42.9 Å². The van der Waals surface area contributed by atoms with Gasteiger partial charge in [-0.2, -0.15) is 0 Å². The maximum atomic E-state index is 5.21. The van der Waals surface area contributed by atoms with Gasteiger partial charge in [-0.25, -0.2) is 4.98 Å². The number of nitrogens with zero attached hydrogens (tertiary/aromatic N) is 2. The topological polar surface area (TPSA) is 51.0 Å². The van der Waals surface area contributed by atoms with E-state index in [4.69, 9.17) is 4.42 Å². The van der Waals surface area contributed by atoms with Gasteiger partial charge in [0.2, 0.25) is 0 Å². The summed E-state index contributed by atoms with van der Waals surface area (Å²) in [6, 6.07) is 8.15. The van der Waals surface area contributed by atoms with E-state index in [-0.39, 0.29) is 0 Å². The second kappa shape index (κ2) is 5.24. The van der Waals surface area contributed by atoms with Gasteiger partial charge in [0.05, 0.1) is 12.1 Å². The molecular weight excluding hydrogens is 258 g/mol. The van der Waals surface area contributed by atoms with Crippen molar-refractivity contribution in [2.75, 3.05) is 5.32 Å². The Labute approximate surface area is 115 Å². The number of thiazole rings is 1. The van der Waals surface area contributed by atoms with Gasteiger partial charge in [-0.3, -0.25) is 4.98 Å². The van der Waals surface area contributed by atoms with Crippen molar-refractivity contribution < 1.29 is 4.42 Å². The zero-order valence-electron chi connectivity index (χ0n) is 10.5. The van der Waals surface area contributed by atoms with E-state index in [2.05, 4.69) is 15.3 Å². The number of benzene rings is 1. The van der Waals surface area contributed by atoms with Gasteiger partial charge in [-0.1, -0.05) is 12.1 Å². The van der Waals surface area contributed by atoms with E-state index in [1.54, 1.807) is 17.6 Å². The molecule has 0 bridgehead atoms.